The minimum Gasteiger partial charge on any atom is -0.389 e. The highest BCUT2D eigenvalue weighted by atomic mass is 16.5. The van der Waals surface area contributed by atoms with E-state index in [9.17, 15) is 9.90 Å². The van der Waals surface area contributed by atoms with Gasteiger partial charge in [-0.25, -0.2) is 0 Å². The normalized spacial score (nSPS) is 25.2. The maximum atomic E-state index is 11.0. The molecule has 0 aliphatic heterocycles. The number of hydrogen-bond acceptors (Lipinski definition) is 5. The van der Waals surface area contributed by atoms with Gasteiger partial charge in [-0.2, -0.15) is 0 Å². The molecule has 112 valence electrons. The Labute approximate surface area is 114 Å². The van der Waals surface area contributed by atoms with Gasteiger partial charge in [0.05, 0.1) is 25.9 Å². The molecule has 6 heteroatoms. The van der Waals surface area contributed by atoms with Gasteiger partial charge in [0.1, 0.15) is 0 Å². The maximum Gasteiger partial charge on any atom is 0.220 e. The molecule has 0 aromatic heterocycles. The van der Waals surface area contributed by atoms with E-state index in [1.165, 1.54) is 0 Å². The van der Waals surface area contributed by atoms with E-state index in [-0.39, 0.29) is 11.8 Å². The van der Waals surface area contributed by atoms with Crippen molar-refractivity contribution in [3.8, 4) is 0 Å². The summed E-state index contributed by atoms with van der Waals surface area (Å²) < 4.78 is 10.1. The molecule has 6 nitrogen and oxygen atoms in total. The van der Waals surface area contributed by atoms with E-state index in [2.05, 4.69) is 5.32 Å². The minimum absolute atomic E-state index is 0.0281. The van der Waals surface area contributed by atoms with Crippen molar-refractivity contribution in [2.45, 2.75) is 37.8 Å². The van der Waals surface area contributed by atoms with Crippen LogP contribution in [0, 0.1) is 5.92 Å². The first kappa shape index (κ1) is 16.4. The number of hydrogen-bond donors (Lipinski definition) is 3. The first-order valence-corrected chi connectivity index (χ1v) is 6.91. The van der Waals surface area contributed by atoms with E-state index in [1.54, 1.807) is 7.11 Å². The van der Waals surface area contributed by atoms with Gasteiger partial charge in [-0.1, -0.05) is 0 Å². The van der Waals surface area contributed by atoms with Gasteiger partial charge in [-0.3, -0.25) is 4.79 Å². The van der Waals surface area contributed by atoms with Crippen molar-refractivity contribution in [2.75, 3.05) is 33.5 Å². The number of carbonyl (C=O) groups is 1. The van der Waals surface area contributed by atoms with Crippen LogP contribution in [-0.4, -0.2) is 56.6 Å². The second kappa shape index (κ2) is 9.25. The fourth-order valence-corrected chi connectivity index (χ4v) is 2.31. The third kappa shape index (κ3) is 6.87. The molecule has 19 heavy (non-hydrogen) atoms. The summed E-state index contributed by atoms with van der Waals surface area (Å²) in [6.45, 7) is 1.86. The lowest BCUT2D eigenvalue weighted by molar-refractivity contribution is -0.122. The third-order valence-corrected chi connectivity index (χ3v) is 3.51. The highest BCUT2D eigenvalue weighted by molar-refractivity contribution is 5.76. The predicted octanol–water partition coefficient (Wildman–Crippen LogP) is -0.356. The van der Waals surface area contributed by atoms with Crippen molar-refractivity contribution in [2.24, 2.45) is 11.7 Å². The van der Waals surface area contributed by atoms with Crippen LogP contribution in [0.25, 0.3) is 0 Å². The van der Waals surface area contributed by atoms with Crippen molar-refractivity contribution in [3.05, 3.63) is 0 Å². The Balaban J connectivity index is 2.05. The Morgan fingerprint density at radius 1 is 1.37 bits per heavy atom. The van der Waals surface area contributed by atoms with Gasteiger partial charge in [0.2, 0.25) is 5.91 Å². The number of primary amides is 1. The molecule has 1 aliphatic carbocycles. The molecule has 0 aromatic carbocycles. The average molecular weight is 274 g/mol. The molecular weight excluding hydrogens is 248 g/mol. The van der Waals surface area contributed by atoms with E-state index in [0.29, 0.717) is 32.4 Å². The van der Waals surface area contributed by atoms with Gasteiger partial charge in [-0.05, 0) is 25.7 Å². The first-order valence-electron chi connectivity index (χ1n) is 6.91. The molecule has 1 unspecified atom stereocenters. The van der Waals surface area contributed by atoms with Crippen LogP contribution in [0.1, 0.15) is 25.7 Å². The van der Waals surface area contributed by atoms with Crippen LogP contribution >= 0.6 is 0 Å². The van der Waals surface area contributed by atoms with Gasteiger partial charge in [0.15, 0.2) is 0 Å². The third-order valence-electron chi connectivity index (χ3n) is 3.51. The zero-order chi connectivity index (χ0) is 14.1. The Hall–Kier alpha value is -0.690. The van der Waals surface area contributed by atoms with Crippen molar-refractivity contribution in [1.29, 1.82) is 0 Å². The number of methoxy groups -OCH3 is 1. The van der Waals surface area contributed by atoms with Crippen molar-refractivity contribution in [3.63, 3.8) is 0 Å². The molecule has 0 saturated heterocycles. The summed E-state index contributed by atoms with van der Waals surface area (Å²) >= 11 is 0. The van der Waals surface area contributed by atoms with Crippen LogP contribution in [-0.2, 0) is 14.3 Å². The zero-order valence-corrected chi connectivity index (χ0v) is 11.6. The van der Waals surface area contributed by atoms with Crippen LogP contribution in [0.2, 0.25) is 0 Å². The lowest BCUT2D eigenvalue weighted by Crippen LogP contribution is -2.41. The van der Waals surface area contributed by atoms with Gasteiger partial charge in [0, 0.05) is 25.6 Å². The number of rotatable bonds is 9. The van der Waals surface area contributed by atoms with Crippen molar-refractivity contribution >= 4 is 5.91 Å². The molecule has 1 saturated carbocycles. The van der Waals surface area contributed by atoms with E-state index in [1.807, 2.05) is 0 Å². The summed E-state index contributed by atoms with van der Waals surface area (Å²) in [6, 6.07) is 0.365. The molecule has 0 heterocycles. The number of amides is 1. The van der Waals surface area contributed by atoms with E-state index in [0.717, 1.165) is 25.7 Å². The molecule has 4 N–H and O–H groups in total. The summed E-state index contributed by atoms with van der Waals surface area (Å²) in [7, 11) is 1.61. The average Bonchev–Trinajstić information content (AvgIpc) is 2.42. The molecule has 0 radical (unpaired) electrons. The summed E-state index contributed by atoms with van der Waals surface area (Å²) in [5.74, 6) is -0.162. The van der Waals surface area contributed by atoms with Crippen molar-refractivity contribution < 1.29 is 19.4 Å². The van der Waals surface area contributed by atoms with Gasteiger partial charge in [-0.15, -0.1) is 0 Å². The topological polar surface area (TPSA) is 93.8 Å². The SMILES string of the molecule is COCCOCC(O)CNC1CCC(C(N)=O)CC1. The quantitative estimate of drug-likeness (QED) is 0.499. The molecule has 0 spiro atoms. The summed E-state index contributed by atoms with van der Waals surface area (Å²) in [5, 5.41) is 13.0. The second-order valence-electron chi connectivity index (χ2n) is 5.08. The summed E-state index contributed by atoms with van der Waals surface area (Å²) in [4.78, 5) is 11.0. The van der Waals surface area contributed by atoms with Gasteiger partial charge in [0.25, 0.3) is 0 Å². The maximum absolute atomic E-state index is 11.0. The summed E-state index contributed by atoms with van der Waals surface area (Å²) in [6.07, 6.45) is 3.04. The van der Waals surface area contributed by atoms with Crippen LogP contribution in [0.15, 0.2) is 0 Å². The largest absolute Gasteiger partial charge is 0.389 e. The Bertz CT molecular complexity index is 255. The van der Waals surface area contributed by atoms with E-state index >= 15 is 0 Å². The predicted molar refractivity (Wildman–Crippen MR) is 71.6 cm³/mol. The monoisotopic (exact) mass is 274 g/mol. The standard InChI is InChI=1S/C13H26N2O4/c1-18-6-7-19-9-12(16)8-15-11-4-2-10(3-5-11)13(14)17/h10-12,15-16H,2-9H2,1H3,(H2,14,17). The molecule has 1 rings (SSSR count). The molecule has 0 aromatic rings. The Morgan fingerprint density at radius 2 is 2.05 bits per heavy atom. The highest BCUT2D eigenvalue weighted by Crippen LogP contribution is 2.23. The fourth-order valence-electron chi connectivity index (χ4n) is 2.31. The van der Waals surface area contributed by atoms with Gasteiger partial charge < -0.3 is 25.6 Å². The molecule has 0 bridgehead atoms. The van der Waals surface area contributed by atoms with Gasteiger partial charge >= 0.3 is 0 Å². The second-order valence-corrected chi connectivity index (χ2v) is 5.08. The molecule has 1 fully saturated rings. The van der Waals surface area contributed by atoms with E-state index in [4.69, 9.17) is 15.2 Å². The number of nitrogens with two attached hydrogens (primary N) is 1. The highest BCUT2D eigenvalue weighted by Gasteiger charge is 2.24. The smallest absolute Gasteiger partial charge is 0.220 e. The minimum atomic E-state index is -0.509. The van der Waals surface area contributed by atoms with Crippen molar-refractivity contribution in [1.82, 2.24) is 5.32 Å². The molecule has 1 amide bonds. The first-order chi connectivity index (χ1) is 9.13. The Kier molecular flexibility index (Phi) is 7.97. The van der Waals surface area contributed by atoms with Crippen LogP contribution in [0.3, 0.4) is 0 Å². The van der Waals surface area contributed by atoms with Crippen LogP contribution in [0.4, 0.5) is 0 Å². The Morgan fingerprint density at radius 3 is 2.63 bits per heavy atom. The number of ether oxygens (including phenoxy) is 2. The van der Waals surface area contributed by atoms with Crippen LogP contribution in [0.5, 0.6) is 0 Å². The summed E-state index contributed by atoms with van der Waals surface area (Å²) in [5.41, 5.74) is 5.29. The fraction of sp³-hybridized carbons (Fsp3) is 0.923. The lowest BCUT2D eigenvalue weighted by atomic mass is 9.85. The number of carbonyl (C=O) groups excluding carboxylic acids is 1. The number of aliphatic hydroxyl groups is 1. The van der Waals surface area contributed by atoms with E-state index < -0.39 is 6.10 Å². The number of aliphatic hydroxyl groups excluding tert-OH is 1. The molecular formula is C13H26N2O4. The zero-order valence-electron chi connectivity index (χ0n) is 11.6. The lowest BCUT2D eigenvalue weighted by Gasteiger charge is -2.28. The molecule has 1 atom stereocenters. The molecule has 1 aliphatic rings. The van der Waals surface area contributed by atoms with Crippen LogP contribution < -0.4 is 11.1 Å². The number of nitrogens with one attached hydrogen (secondary N) is 1.